The predicted octanol–water partition coefficient (Wildman–Crippen LogP) is 2.25. The van der Waals surface area contributed by atoms with Gasteiger partial charge >= 0.3 is 5.97 Å². The van der Waals surface area contributed by atoms with Gasteiger partial charge in [-0.2, -0.15) is 0 Å². The second-order valence-electron chi connectivity index (χ2n) is 7.12. The molecule has 2 fully saturated rings. The van der Waals surface area contributed by atoms with E-state index in [-0.39, 0.29) is 30.3 Å². The highest BCUT2D eigenvalue weighted by molar-refractivity contribution is 5.87. The molecule has 2 saturated carbocycles. The average molecular weight is 358 g/mol. The van der Waals surface area contributed by atoms with Crippen LogP contribution in [0.1, 0.15) is 56.6 Å². The normalized spacial score (nSPS) is 18.6. The van der Waals surface area contributed by atoms with E-state index in [2.05, 4.69) is 10.6 Å². The fourth-order valence-corrected chi connectivity index (χ4v) is 3.25. The number of ether oxygens (including phenoxy) is 1. The number of hydrogen-bond acceptors (Lipinski definition) is 4. The lowest BCUT2D eigenvalue weighted by atomic mass is 9.89. The summed E-state index contributed by atoms with van der Waals surface area (Å²) in [5.74, 6) is -1.03. The lowest BCUT2D eigenvalue weighted by Gasteiger charge is -2.21. The van der Waals surface area contributed by atoms with Gasteiger partial charge in [0.15, 0.2) is 0 Å². The van der Waals surface area contributed by atoms with Crippen molar-refractivity contribution in [3.05, 3.63) is 35.9 Å². The van der Waals surface area contributed by atoms with Crippen molar-refractivity contribution in [2.24, 2.45) is 5.92 Å². The summed E-state index contributed by atoms with van der Waals surface area (Å²) >= 11 is 0. The molecule has 2 amide bonds. The van der Waals surface area contributed by atoms with Crippen LogP contribution < -0.4 is 10.6 Å². The molecule has 0 bridgehead atoms. The minimum Gasteiger partial charge on any atom is -0.446 e. The molecule has 0 aliphatic heterocycles. The molecule has 6 heteroatoms. The van der Waals surface area contributed by atoms with Crippen molar-refractivity contribution < 1.29 is 19.1 Å². The van der Waals surface area contributed by atoms with Gasteiger partial charge in [0.1, 0.15) is 6.54 Å². The molecule has 1 aromatic carbocycles. The van der Waals surface area contributed by atoms with Crippen molar-refractivity contribution in [3.8, 4) is 0 Å². The molecule has 1 aromatic rings. The Balaban J connectivity index is 1.54. The van der Waals surface area contributed by atoms with Gasteiger partial charge in [0, 0.05) is 17.5 Å². The number of hydrogen-bond donors (Lipinski definition) is 2. The van der Waals surface area contributed by atoms with Crippen LogP contribution in [0.15, 0.2) is 30.3 Å². The zero-order valence-electron chi connectivity index (χ0n) is 14.9. The summed E-state index contributed by atoms with van der Waals surface area (Å²) < 4.78 is 5.40. The standard InChI is InChI=1S/C20H26N2O4/c23-17(13-21-19(24)15-9-5-2-6-10-15)26-18(14-7-3-1-4-8-14)20(25)22-16-11-12-16/h1,3-4,7-8,15-16,18H,2,5-6,9-13H2,(H,21,24)(H,22,25)/t18-/m0/s1. The van der Waals surface area contributed by atoms with Gasteiger partial charge in [-0.15, -0.1) is 0 Å². The number of carbonyl (C=O) groups excluding carboxylic acids is 3. The number of benzene rings is 1. The minimum absolute atomic E-state index is 0.0142. The van der Waals surface area contributed by atoms with Crippen LogP contribution in [0, 0.1) is 5.92 Å². The summed E-state index contributed by atoms with van der Waals surface area (Å²) in [7, 11) is 0. The first kappa shape index (κ1) is 18.4. The molecular weight excluding hydrogens is 332 g/mol. The van der Waals surface area contributed by atoms with Crippen LogP contribution in [0.2, 0.25) is 0 Å². The quantitative estimate of drug-likeness (QED) is 0.732. The van der Waals surface area contributed by atoms with Gasteiger partial charge < -0.3 is 15.4 Å². The molecule has 1 atom stereocenters. The summed E-state index contributed by atoms with van der Waals surface area (Å²) in [6.07, 6.45) is 5.95. The van der Waals surface area contributed by atoms with Crippen molar-refractivity contribution in [1.82, 2.24) is 10.6 Å². The largest absolute Gasteiger partial charge is 0.446 e. The molecule has 26 heavy (non-hydrogen) atoms. The van der Waals surface area contributed by atoms with Gasteiger partial charge in [-0.1, -0.05) is 49.6 Å². The molecule has 0 unspecified atom stereocenters. The summed E-state index contributed by atoms with van der Waals surface area (Å²) in [5.41, 5.74) is 0.623. The van der Waals surface area contributed by atoms with E-state index in [1.54, 1.807) is 24.3 Å². The highest BCUT2D eigenvalue weighted by Gasteiger charge is 2.31. The van der Waals surface area contributed by atoms with E-state index in [4.69, 9.17) is 4.74 Å². The van der Waals surface area contributed by atoms with Crippen LogP contribution in [0.5, 0.6) is 0 Å². The first-order valence-corrected chi connectivity index (χ1v) is 9.46. The second-order valence-corrected chi connectivity index (χ2v) is 7.12. The molecule has 2 aliphatic rings. The van der Waals surface area contributed by atoms with Gasteiger partial charge in [-0.05, 0) is 25.7 Å². The third kappa shape index (κ3) is 5.31. The smallest absolute Gasteiger partial charge is 0.326 e. The van der Waals surface area contributed by atoms with Gasteiger partial charge in [0.25, 0.3) is 5.91 Å². The highest BCUT2D eigenvalue weighted by Crippen LogP contribution is 2.24. The maximum atomic E-state index is 12.4. The van der Waals surface area contributed by atoms with Gasteiger partial charge in [0.2, 0.25) is 12.0 Å². The van der Waals surface area contributed by atoms with Gasteiger partial charge in [-0.25, -0.2) is 0 Å². The molecular formula is C20H26N2O4. The number of rotatable bonds is 7. The fraction of sp³-hybridized carbons (Fsp3) is 0.550. The number of carbonyl (C=O) groups is 3. The number of nitrogens with one attached hydrogen (secondary N) is 2. The zero-order valence-corrected chi connectivity index (χ0v) is 14.9. The van der Waals surface area contributed by atoms with E-state index in [1.165, 1.54) is 6.42 Å². The second kappa shape index (κ2) is 8.83. The molecule has 2 N–H and O–H groups in total. The lowest BCUT2D eigenvalue weighted by molar-refractivity contribution is -0.156. The van der Waals surface area contributed by atoms with Crippen molar-refractivity contribution in [2.75, 3.05) is 6.54 Å². The third-order valence-corrected chi connectivity index (χ3v) is 4.90. The maximum absolute atomic E-state index is 12.4. The SMILES string of the molecule is O=C(CNC(=O)C1CCCCC1)O[C@H](C(=O)NC1CC1)c1ccccc1. The summed E-state index contributed by atoms with van der Waals surface area (Å²) in [6.45, 7) is -0.213. The highest BCUT2D eigenvalue weighted by atomic mass is 16.5. The Morgan fingerprint density at radius 3 is 2.35 bits per heavy atom. The van der Waals surface area contributed by atoms with Crippen LogP contribution >= 0.6 is 0 Å². The Morgan fingerprint density at radius 2 is 1.69 bits per heavy atom. The average Bonchev–Trinajstić information content (AvgIpc) is 3.49. The predicted molar refractivity (Wildman–Crippen MR) is 96.0 cm³/mol. The monoisotopic (exact) mass is 358 g/mol. The Kier molecular flexibility index (Phi) is 6.26. The summed E-state index contributed by atoms with van der Waals surface area (Å²) in [6, 6.07) is 9.12. The van der Waals surface area contributed by atoms with E-state index in [9.17, 15) is 14.4 Å². The van der Waals surface area contributed by atoms with E-state index < -0.39 is 12.1 Å². The topological polar surface area (TPSA) is 84.5 Å². The molecule has 3 rings (SSSR count). The number of esters is 1. The molecule has 2 aliphatic carbocycles. The van der Waals surface area contributed by atoms with Crippen LogP contribution in [0.4, 0.5) is 0 Å². The molecule has 0 aromatic heterocycles. The van der Waals surface area contributed by atoms with E-state index in [1.807, 2.05) is 6.07 Å². The van der Waals surface area contributed by atoms with Crippen LogP contribution in [0.3, 0.4) is 0 Å². The molecule has 0 spiro atoms. The first-order chi connectivity index (χ1) is 12.6. The first-order valence-electron chi connectivity index (χ1n) is 9.46. The maximum Gasteiger partial charge on any atom is 0.326 e. The van der Waals surface area contributed by atoms with Crippen LogP contribution in [0.25, 0.3) is 0 Å². The molecule has 0 radical (unpaired) electrons. The Bertz CT molecular complexity index is 636. The van der Waals surface area contributed by atoms with Crippen LogP contribution in [-0.2, 0) is 19.1 Å². The van der Waals surface area contributed by atoms with Crippen molar-refractivity contribution in [2.45, 2.75) is 57.1 Å². The van der Waals surface area contributed by atoms with Crippen molar-refractivity contribution >= 4 is 17.8 Å². The molecule has 0 heterocycles. The summed E-state index contributed by atoms with van der Waals surface area (Å²) in [4.78, 5) is 36.8. The zero-order chi connectivity index (χ0) is 18.4. The lowest BCUT2D eigenvalue weighted by Crippen LogP contribution is -2.38. The van der Waals surface area contributed by atoms with E-state index >= 15 is 0 Å². The van der Waals surface area contributed by atoms with Gasteiger partial charge in [-0.3, -0.25) is 14.4 Å². The van der Waals surface area contributed by atoms with E-state index in [0.29, 0.717) is 5.56 Å². The Morgan fingerprint density at radius 1 is 1.00 bits per heavy atom. The summed E-state index contributed by atoms with van der Waals surface area (Å²) in [5, 5.41) is 5.53. The van der Waals surface area contributed by atoms with Crippen molar-refractivity contribution in [1.29, 1.82) is 0 Å². The number of amides is 2. The molecule has 0 saturated heterocycles. The molecule has 6 nitrogen and oxygen atoms in total. The van der Waals surface area contributed by atoms with Gasteiger partial charge in [0.05, 0.1) is 0 Å². The Labute approximate surface area is 153 Å². The van der Waals surface area contributed by atoms with E-state index in [0.717, 1.165) is 38.5 Å². The fourth-order valence-electron chi connectivity index (χ4n) is 3.25. The van der Waals surface area contributed by atoms with Crippen LogP contribution in [-0.4, -0.2) is 30.4 Å². The van der Waals surface area contributed by atoms with Crippen molar-refractivity contribution in [3.63, 3.8) is 0 Å². The Hall–Kier alpha value is -2.37. The third-order valence-electron chi connectivity index (χ3n) is 4.90. The minimum atomic E-state index is -0.990. The molecule has 140 valence electrons.